The molecule has 1 saturated heterocycles. The summed E-state index contributed by atoms with van der Waals surface area (Å²) in [6, 6.07) is 6.91. The molecule has 1 aromatic carbocycles. The number of halogens is 1. The fourth-order valence-electron chi connectivity index (χ4n) is 2.34. The number of rotatable bonds is 6. The summed E-state index contributed by atoms with van der Waals surface area (Å²) in [5.74, 6) is 0.444. The number of anilines is 1. The number of nitrogens with one attached hydrogen (secondary N) is 3. The summed E-state index contributed by atoms with van der Waals surface area (Å²) in [5, 5.41) is 8.76. The van der Waals surface area contributed by atoms with E-state index >= 15 is 0 Å². The van der Waals surface area contributed by atoms with Crippen LogP contribution in [0.5, 0.6) is 5.75 Å². The van der Waals surface area contributed by atoms with Gasteiger partial charge in [-0.25, -0.2) is 0 Å². The number of hydrogen-bond donors (Lipinski definition) is 3. The normalized spacial score (nSPS) is 16.8. The Balaban J connectivity index is 0.00000264. The Kier molecular flexibility index (Phi) is 8.43. The summed E-state index contributed by atoms with van der Waals surface area (Å²) in [7, 11) is 0. The van der Waals surface area contributed by atoms with E-state index in [1.807, 2.05) is 6.92 Å². The van der Waals surface area contributed by atoms with Gasteiger partial charge < -0.3 is 20.7 Å². The lowest BCUT2D eigenvalue weighted by Crippen LogP contribution is -2.43. The molecule has 0 radical (unpaired) electrons. The Hall–Kier alpha value is -1.79. The summed E-state index contributed by atoms with van der Waals surface area (Å²) in [5.41, 5.74) is 0.725. The van der Waals surface area contributed by atoms with E-state index < -0.39 is 0 Å². The van der Waals surface area contributed by atoms with Crippen molar-refractivity contribution in [3.05, 3.63) is 24.3 Å². The maximum absolute atomic E-state index is 12.1. The summed E-state index contributed by atoms with van der Waals surface area (Å²) >= 11 is 0. The quantitative estimate of drug-likeness (QED) is 0.736. The van der Waals surface area contributed by atoms with Crippen LogP contribution in [0.15, 0.2) is 24.3 Å². The van der Waals surface area contributed by atoms with Gasteiger partial charge in [-0.1, -0.05) is 6.42 Å². The molecule has 1 aliphatic rings. The molecule has 23 heavy (non-hydrogen) atoms. The number of hydrogen-bond acceptors (Lipinski definition) is 4. The van der Waals surface area contributed by atoms with Crippen LogP contribution in [0, 0.1) is 0 Å². The summed E-state index contributed by atoms with van der Waals surface area (Å²) in [6.45, 7) is 3.33. The van der Waals surface area contributed by atoms with Crippen LogP contribution in [0.25, 0.3) is 0 Å². The lowest BCUT2D eigenvalue weighted by molar-refractivity contribution is -0.123. The molecule has 0 bridgehead atoms. The number of ether oxygens (including phenoxy) is 1. The van der Waals surface area contributed by atoms with Gasteiger partial charge in [0, 0.05) is 12.2 Å². The van der Waals surface area contributed by atoms with Crippen molar-refractivity contribution >= 4 is 29.9 Å². The average Bonchev–Trinajstić information content (AvgIpc) is 2.55. The van der Waals surface area contributed by atoms with Gasteiger partial charge in [0.25, 0.3) is 5.91 Å². The number of likely N-dealkylation sites (N-methyl/N-ethyl adjacent to an activating group) is 1. The standard InChI is InChI=1S/C16H23N3O3.ClH/c1-2-17-15(20)11-22-13-8-6-12(7-9-13)19-16(21)14-5-3-4-10-18-14;/h6-9,14,18H,2-5,10-11H2,1H3,(H,17,20)(H,19,21);1H. The van der Waals surface area contributed by atoms with Gasteiger partial charge in [-0.15, -0.1) is 12.4 Å². The van der Waals surface area contributed by atoms with E-state index in [1.165, 1.54) is 0 Å². The van der Waals surface area contributed by atoms with Crippen LogP contribution in [0.3, 0.4) is 0 Å². The Morgan fingerprint density at radius 2 is 2.00 bits per heavy atom. The third kappa shape index (κ3) is 6.46. The lowest BCUT2D eigenvalue weighted by atomic mass is 10.0. The van der Waals surface area contributed by atoms with E-state index in [0.717, 1.165) is 31.5 Å². The van der Waals surface area contributed by atoms with E-state index in [0.29, 0.717) is 12.3 Å². The molecule has 7 heteroatoms. The first kappa shape index (κ1) is 19.3. The third-order valence-corrected chi connectivity index (χ3v) is 3.49. The maximum Gasteiger partial charge on any atom is 0.257 e. The van der Waals surface area contributed by atoms with Gasteiger partial charge in [0.05, 0.1) is 6.04 Å². The van der Waals surface area contributed by atoms with Crippen molar-refractivity contribution in [2.24, 2.45) is 0 Å². The van der Waals surface area contributed by atoms with Crippen molar-refractivity contribution in [3.8, 4) is 5.75 Å². The van der Waals surface area contributed by atoms with Gasteiger partial charge in [0.2, 0.25) is 5.91 Å². The van der Waals surface area contributed by atoms with Gasteiger partial charge in [0.1, 0.15) is 5.75 Å². The molecule has 0 aromatic heterocycles. The zero-order valence-electron chi connectivity index (χ0n) is 13.3. The molecule has 1 aromatic rings. The molecule has 6 nitrogen and oxygen atoms in total. The fourth-order valence-corrected chi connectivity index (χ4v) is 2.34. The second kappa shape index (κ2) is 10.1. The minimum atomic E-state index is -0.150. The lowest BCUT2D eigenvalue weighted by Gasteiger charge is -2.22. The van der Waals surface area contributed by atoms with Crippen molar-refractivity contribution in [3.63, 3.8) is 0 Å². The van der Waals surface area contributed by atoms with E-state index in [-0.39, 0.29) is 36.9 Å². The molecule has 0 saturated carbocycles. The Morgan fingerprint density at radius 3 is 2.61 bits per heavy atom. The monoisotopic (exact) mass is 341 g/mol. The van der Waals surface area contributed by atoms with Crippen molar-refractivity contribution in [2.45, 2.75) is 32.2 Å². The summed E-state index contributed by atoms with van der Waals surface area (Å²) < 4.78 is 5.36. The number of amides is 2. The van der Waals surface area contributed by atoms with Gasteiger partial charge in [-0.2, -0.15) is 0 Å². The van der Waals surface area contributed by atoms with Crippen LogP contribution in [0.4, 0.5) is 5.69 Å². The third-order valence-electron chi connectivity index (χ3n) is 3.49. The molecule has 1 atom stereocenters. The number of carbonyl (C=O) groups is 2. The smallest absolute Gasteiger partial charge is 0.257 e. The van der Waals surface area contributed by atoms with E-state index in [2.05, 4.69) is 16.0 Å². The molecule has 1 fully saturated rings. The van der Waals surface area contributed by atoms with Gasteiger partial charge in [0.15, 0.2) is 6.61 Å². The molecule has 1 unspecified atom stereocenters. The molecular formula is C16H24ClN3O3. The second-order valence-corrected chi connectivity index (χ2v) is 5.26. The minimum absolute atomic E-state index is 0. The highest BCUT2D eigenvalue weighted by Gasteiger charge is 2.20. The highest BCUT2D eigenvalue weighted by atomic mass is 35.5. The Labute approximate surface area is 142 Å². The molecular weight excluding hydrogens is 318 g/mol. The molecule has 3 N–H and O–H groups in total. The largest absolute Gasteiger partial charge is 0.484 e. The average molecular weight is 342 g/mol. The highest BCUT2D eigenvalue weighted by Crippen LogP contribution is 2.17. The minimum Gasteiger partial charge on any atom is -0.484 e. The van der Waals surface area contributed by atoms with Crippen LogP contribution in [-0.2, 0) is 9.59 Å². The van der Waals surface area contributed by atoms with Crippen LogP contribution < -0.4 is 20.7 Å². The van der Waals surface area contributed by atoms with Crippen LogP contribution in [0.1, 0.15) is 26.2 Å². The van der Waals surface area contributed by atoms with Crippen LogP contribution in [-0.4, -0.2) is 37.6 Å². The molecule has 2 amide bonds. The zero-order chi connectivity index (χ0) is 15.8. The zero-order valence-corrected chi connectivity index (χ0v) is 14.1. The number of benzene rings is 1. The fraction of sp³-hybridized carbons (Fsp3) is 0.500. The van der Waals surface area contributed by atoms with Crippen LogP contribution in [0.2, 0.25) is 0 Å². The second-order valence-electron chi connectivity index (χ2n) is 5.26. The van der Waals surface area contributed by atoms with E-state index in [4.69, 9.17) is 4.74 Å². The maximum atomic E-state index is 12.1. The van der Waals surface area contributed by atoms with Crippen molar-refractivity contribution in [1.82, 2.24) is 10.6 Å². The van der Waals surface area contributed by atoms with Gasteiger partial charge >= 0.3 is 0 Å². The Morgan fingerprint density at radius 1 is 1.26 bits per heavy atom. The van der Waals surface area contributed by atoms with Gasteiger partial charge in [-0.05, 0) is 50.6 Å². The number of piperidine rings is 1. The molecule has 0 spiro atoms. The molecule has 0 aliphatic carbocycles. The first-order valence-electron chi connectivity index (χ1n) is 7.73. The molecule has 128 valence electrons. The predicted molar refractivity (Wildman–Crippen MR) is 92.1 cm³/mol. The predicted octanol–water partition coefficient (Wildman–Crippen LogP) is 1.70. The van der Waals surface area contributed by atoms with E-state index in [1.54, 1.807) is 24.3 Å². The number of carbonyl (C=O) groups excluding carboxylic acids is 2. The van der Waals surface area contributed by atoms with E-state index in [9.17, 15) is 9.59 Å². The molecule has 1 aliphatic heterocycles. The SMILES string of the molecule is CCNC(=O)COc1ccc(NC(=O)C2CCCCN2)cc1.Cl. The molecule has 2 rings (SSSR count). The highest BCUT2D eigenvalue weighted by molar-refractivity contribution is 5.94. The summed E-state index contributed by atoms with van der Waals surface area (Å²) in [6.07, 6.45) is 3.08. The topological polar surface area (TPSA) is 79.5 Å². The summed E-state index contributed by atoms with van der Waals surface area (Å²) in [4.78, 5) is 23.4. The van der Waals surface area contributed by atoms with Gasteiger partial charge in [-0.3, -0.25) is 9.59 Å². The first-order chi connectivity index (χ1) is 10.7. The van der Waals surface area contributed by atoms with Crippen molar-refractivity contribution < 1.29 is 14.3 Å². The van der Waals surface area contributed by atoms with Crippen LogP contribution >= 0.6 is 12.4 Å². The Bertz CT molecular complexity index is 502. The van der Waals surface area contributed by atoms with Crippen molar-refractivity contribution in [1.29, 1.82) is 0 Å². The van der Waals surface area contributed by atoms with Crippen molar-refractivity contribution in [2.75, 3.05) is 25.0 Å². The first-order valence-corrected chi connectivity index (χ1v) is 7.73. The molecule has 1 heterocycles.